The van der Waals surface area contributed by atoms with E-state index in [1.165, 1.54) is 12.8 Å². The maximum atomic E-state index is 4.98. The number of benzene rings is 3. The first-order chi connectivity index (χ1) is 18.7. The largest absolute Gasteiger partial charge is 0.378 e. The van der Waals surface area contributed by atoms with Gasteiger partial charge in [-0.1, -0.05) is 61.4 Å². The number of hydrazone groups is 1. The lowest BCUT2D eigenvalue weighted by atomic mass is 10.2. The van der Waals surface area contributed by atoms with Crippen LogP contribution in [-0.4, -0.2) is 48.4 Å². The lowest BCUT2D eigenvalue weighted by Gasteiger charge is -2.26. The van der Waals surface area contributed by atoms with Crippen molar-refractivity contribution in [3.05, 3.63) is 90.5 Å². The van der Waals surface area contributed by atoms with Crippen LogP contribution in [-0.2, 0) is 0 Å². The van der Waals surface area contributed by atoms with Crippen LogP contribution >= 0.6 is 0 Å². The second-order valence-electron chi connectivity index (χ2n) is 9.52. The molecule has 0 atom stereocenters. The minimum Gasteiger partial charge on any atom is -0.378 e. The van der Waals surface area contributed by atoms with Gasteiger partial charge in [-0.2, -0.15) is 20.1 Å². The number of para-hydroxylation sites is 2. The van der Waals surface area contributed by atoms with Crippen LogP contribution in [0, 0.1) is 0 Å². The topological polar surface area (TPSA) is 72.8 Å². The predicted molar refractivity (Wildman–Crippen MR) is 157 cm³/mol. The van der Waals surface area contributed by atoms with Gasteiger partial charge in [-0.3, -0.25) is 4.90 Å². The Balaban J connectivity index is 1.50. The highest BCUT2D eigenvalue weighted by molar-refractivity contribution is 5.81. The van der Waals surface area contributed by atoms with Crippen LogP contribution in [0.5, 0.6) is 0 Å². The molecule has 8 nitrogen and oxygen atoms in total. The highest BCUT2D eigenvalue weighted by Gasteiger charge is 2.21. The number of hydrogen-bond donors (Lipinski definition) is 1. The summed E-state index contributed by atoms with van der Waals surface area (Å²) in [6.07, 6.45) is 6.51. The number of rotatable bonds is 8. The molecule has 1 aliphatic rings. The summed E-state index contributed by atoms with van der Waals surface area (Å²) in [7, 11) is 4.05. The fraction of sp³-hybridized carbons (Fsp3) is 0.267. The van der Waals surface area contributed by atoms with E-state index in [1.54, 1.807) is 6.21 Å². The molecule has 38 heavy (non-hydrogen) atoms. The van der Waals surface area contributed by atoms with Crippen molar-refractivity contribution in [2.75, 3.05) is 47.3 Å². The molecule has 0 radical (unpaired) electrons. The second-order valence-corrected chi connectivity index (χ2v) is 9.52. The Morgan fingerprint density at radius 1 is 0.711 bits per heavy atom. The van der Waals surface area contributed by atoms with E-state index in [2.05, 4.69) is 61.6 Å². The molecule has 0 saturated carbocycles. The van der Waals surface area contributed by atoms with E-state index in [9.17, 15) is 0 Å². The summed E-state index contributed by atoms with van der Waals surface area (Å²) in [6.45, 7) is 1.86. The van der Waals surface area contributed by atoms with Crippen molar-refractivity contribution in [1.82, 2.24) is 15.0 Å². The predicted octanol–water partition coefficient (Wildman–Crippen LogP) is 6.23. The molecular weight excluding hydrogens is 472 g/mol. The van der Waals surface area contributed by atoms with Crippen LogP contribution in [0.4, 0.5) is 34.9 Å². The molecule has 1 fully saturated rings. The van der Waals surface area contributed by atoms with Crippen LogP contribution < -0.4 is 20.1 Å². The zero-order valence-corrected chi connectivity index (χ0v) is 22.0. The molecule has 0 aliphatic carbocycles. The Kier molecular flexibility index (Phi) is 8.08. The molecule has 1 aliphatic heterocycles. The van der Waals surface area contributed by atoms with Crippen LogP contribution in [0.15, 0.2) is 90.0 Å². The van der Waals surface area contributed by atoms with E-state index < -0.39 is 0 Å². The van der Waals surface area contributed by atoms with Crippen LogP contribution in [0.3, 0.4) is 0 Å². The van der Waals surface area contributed by atoms with Crippen molar-refractivity contribution >= 4 is 41.1 Å². The number of hydrogen-bond acceptors (Lipinski definition) is 8. The number of nitrogens with one attached hydrogen (secondary N) is 1. The van der Waals surface area contributed by atoms with E-state index in [-0.39, 0.29) is 0 Å². The summed E-state index contributed by atoms with van der Waals surface area (Å²) in [4.78, 5) is 21.0. The monoisotopic (exact) mass is 506 g/mol. The fourth-order valence-corrected chi connectivity index (χ4v) is 4.47. The highest BCUT2D eigenvalue weighted by Crippen LogP contribution is 2.33. The van der Waals surface area contributed by atoms with Crippen LogP contribution in [0.25, 0.3) is 0 Å². The molecule has 8 heteroatoms. The molecule has 0 bridgehead atoms. The van der Waals surface area contributed by atoms with Gasteiger partial charge in [-0.15, -0.1) is 0 Å². The van der Waals surface area contributed by atoms with Crippen molar-refractivity contribution in [2.45, 2.75) is 25.7 Å². The van der Waals surface area contributed by atoms with Crippen molar-refractivity contribution < 1.29 is 0 Å². The number of anilines is 6. The Hall–Kier alpha value is -4.46. The zero-order chi connectivity index (χ0) is 26.2. The van der Waals surface area contributed by atoms with Crippen molar-refractivity contribution in [3.8, 4) is 0 Å². The van der Waals surface area contributed by atoms with Gasteiger partial charge in [0.25, 0.3) is 0 Å². The van der Waals surface area contributed by atoms with E-state index in [4.69, 9.17) is 15.0 Å². The van der Waals surface area contributed by atoms with Gasteiger partial charge < -0.3 is 9.80 Å². The van der Waals surface area contributed by atoms with Crippen LogP contribution in [0.1, 0.15) is 31.2 Å². The normalized spacial score (nSPS) is 13.8. The lowest BCUT2D eigenvalue weighted by molar-refractivity contribution is 0.726. The Morgan fingerprint density at radius 2 is 1.32 bits per heavy atom. The summed E-state index contributed by atoms with van der Waals surface area (Å²) in [5.41, 5.74) is 7.14. The molecule has 4 aromatic rings. The quantitative estimate of drug-likeness (QED) is 0.224. The molecule has 0 amide bonds. The highest BCUT2D eigenvalue weighted by atomic mass is 15.4. The van der Waals surface area contributed by atoms with E-state index in [1.807, 2.05) is 62.6 Å². The molecule has 0 spiro atoms. The van der Waals surface area contributed by atoms with E-state index in [0.717, 1.165) is 48.6 Å². The van der Waals surface area contributed by atoms with Crippen molar-refractivity contribution in [3.63, 3.8) is 0 Å². The zero-order valence-electron chi connectivity index (χ0n) is 22.0. The van der Waals surface area contributed by atoms with Crippen LogP contribution in [0.2, 0.25) is 0 Å². The molecule has 194 valence electrons. The maximum Gasteiger partial charge on any atom is 0.250 e. The van der Waals surface area contributed by atoms with E-state index in [0.29, 0.717) is 17.8 Å². The lowest BCUT2D eigenvalue weighted by Crippen LogP contribution is -2.27. The fourth-order valence-electron chi connectivity index (χ4n) is 4.47. The standard InChI is InChI=1S/C30H34N8/c1-36(2)25-19-17-24(18-20-25)23-31-35-28-32-29(37-21-11-3-4-12-22-37)34-30(33-28)38(26-13-7-5-8-14-26)27-15-9-6-10-16-27/h5-10,13-20,23H,3-4,11-12,21-22H2,1-2H3,(H,32,33,34,35)/b31-23-. The average Bonchev–Trinajstić information content (AvgIpc) is 3.25. The minimum absolute atomic E-state index is 0.410. The van der Waals surface area contributed by atoms with Crippen molar-refractivity contribution in [2.24, 2.45) is 5.10 Å². The first-order valence-corrected chi connectivity index (χ1v) is 13.1. The summed E-state index contributed by atoms with van der Waals surface area (Å²) in [5.74, 6) is 1.62. The first kappa shape index (κ1) is 25.2. The molecule has 1 saturated heterocycles. The van der Waals surface area contributed by atoms with Gasteiger partial charge in [-0.05, 0) is 54.8 Å². The van der Waals surface area contributed by atoms with Gasteiger partial charge in [0.2, 0.25) is 17.8 Å². The molecule has 0 unspecified atom stereocenters. The Labute approximate surface area is 224 Å². The SMILES string of the molecule is CN(C)c1ccc(/C=N\Nc2nc(N3CCCCCC3)nc(N(c3ccccc3)c3ccccc3)n2)cc1. The summed E-state index contributed by atoms with van der Waals surface area (Å²) in [5, 5.41) is 4.46. The van der Waals surface area contributed by atoms with Gasteiger partial charge in [0, 0.05) is 44.2 Å². The third-order valence-electron chi connectivity index (χ3n) is 6.52. The Bertz CT molecular complexity index is 1280. The Morgan fingerprint density at radius 3 is 1.89 bits per heavy atom. The molecule has 3 aromatic carbocycles. The smallest absolute Gasteiger partial charge is 0.250 e. The first-order valence-electron chi connectivity index (χ1n) is 13.1. The van der Waals surface area contributed by atoms with Gasteiger partial charge in [0.1, 0.15) is 0 Å². The third kappa shape index (κ3) is 6.26. The molecule has 5 rings (SSSR count). The maximum absolute atomic E-state index is 4.98. The third-order valence-corrected chi connectivity index (χ3v) is 6.52. The van der Waals surface area contributed by atoms with Gasteiger partial charge >= 0.3 is 0 Å². The number of nitrogens with zero attached hydrogens (tertiary/aromatic N) is 7. The van der Waals surface area contributed by atoms with Gasteiger partial charge in [0.05, 0.1) is 6.21 Å². The summed E-state index contributed by atoms with van der Waals surface area (Å²) >= 11 is 0. The average molecular weight is 507 g/mol. The molecular formula is C30H34N8. The van der Waals surface area contributed by atoms with E-state index >= 15 is 0 Å². The molecule has 1 aromatic heterocycles. The number of aromatic nitrogens is 3. The summed E-state index contributed by atoms with van der Waals surface area (Å²) < 4.78 is 0. The van der Waals surface area contributed by atoms with Gasteiger partial charge in [-0.25, -0.2) is 5.43 Å². The molecule has 2 heterocycles. The minimum atomic E-state index is 0.410. The van der Waals surface area contributed by atoms with Crippen molar-refractivity contribution in [1.29, 1.82) is 0 Å². The summed E-state index contributed by atoms with van der Waals surface area (Å²) in [6, 6.07) is 28.6. The second kappa shape index (κ2) is 12.2. The van der Waals surface area contributed by atoms with Gasteiger partial charge in [0.15, 0.2) is 0 Å². The molecule has 1 N–H and O–H groups in total.